The van der Waals surface area contributed by atoms with Crippen molar-refractivity contribution < 1.29 is 19.0 Å². The number of nitrogens with one attached hydrogen (secondary N) is 1. The van der Waals surface area contributed by atoms with Crippen molar-refractivity contribution in [3.8, 4) is 0 Å². The van der Waals surface area contributed by atoms with Gasteiger partial charge in [-0.1, -0.05) is 50.5 Å². The van der Waals surface area contributed by atoms with Crippen LogP contribution >= 0.6 is 0 Å². The summed E-state index contributed by atoms with van der Waals surface area (Å²) in [5.74, 6) is -0.791. The molecule has 5 atom stereocenters. The quantitative estimate of drug-likeness (QED) is 0.233. The zero-order valence-electron chi connectivity index (χ0n) is 21.6. The third-order valence-electron chi connectivity index (χ3n) is 6.53. The number of hydrogen-bond acceptors (Lipinski definition) is 5. The summed E-state index contributed by atoms with van der Waals surface area (Å²) in [7, 11) is 1.63. The highest BCUT2D eigenvalue weighted by Crippen LogP contribution is 2.41. The highest BCUT2D eigenvalue weighted by atomic mass is 16.8. The molecule has 2 fully saturated rings. The zero-order chi connectivity index (χ0) is 24.4. The van der Waals surface area contributed by atoms with Crippen LogP contribution in [0, 0.1) is 0 Å². The largest absolute Gasteiger partial charge is 0.359 e. The number of fused-ring (bicyclic) bond motifs is 1. The van der Waals surface area contributed by atoms with Crippen LogP contribution in [0.5, 0.6) is 0 Å². The summed E-state index contributed by atoms with van der Waals surface area (Å²) < 4.78 is 18.5. The van der Waals surface area contributed by atoms with Gasteiger partial charge in [-0.05, 0) is 65.4 Å². The lowest BCUT2D eigenvalue weighted by Gasteiger charge is -2.26. The van der Waals surface area contributed by atoms with Crippen molar-refractivity contribution >= 4 is 11.6 Å². The van der Waals surface area contributed by atoms with Crippen LogP contribution in [0.15, 0.2) is 40.6 Å². The Balaban J connectivity index is 1.97. The Kier molecular flexibility index (Phi) is 11.0. The second-order valence-corrected chi connectivity index (χ2v) is 9.19. The SMILES string of the molecule is C\C=C/C(C(/C)=N\C=C/CCC)=C(/C)CCCC[C@@H]1O[C@H](C(=O)NC)[C@H]2OC(C)(CC)O[C@H]21. The van der Waals surface area contributed by atoms with E-state index in [1.165, 1.54) is 11.1 Å². The van der Waals surface area contributed by atoms with Gasteiger partial charge in [0, 0.05) is 19.0 Å². The molecule has 0 radical (unpaired) electrons. The second kappa shape index (κ2) is 13.2. The molecular formula is C27H44N2O4. The van der Waals surface area contributed by atoms with Gasteiger partial charge in [-0.3, -0.25) is 9.79 Å². The third kappa shape index (κ3) is 7.36. The number of rotatable bonds is 12. The summed E-state index contributed by atoms with van der Waals surface area (Å²) >= 11 is 0. The second-order valence-electron chi connectivity index (χ2n) is 9.19. The number of hydrogen-bond donors (Lipinski definition) is 1. The van der Waals surface area contributed by atoms with E-state index in [1.807, 2.05) is 27.0 Å². The lowest BCUT2D eigenvalue weighted by atomic mass is 9.97. The first kappa shape index (κ1) is 27.5. The average molecular weight is 461 g/mol. The predicted molar refractivity (Wildman–Crippen MR) is 134 cm³/mol. The maximum atomic E-state index is 12.3. The standard InChI is InChI=1S/C27H44N2O4/c1-8-11-14-18-29-20(5)21(15-9-2)19(4)16-12-13-17-22-23-24(25(31-22)26(30)28-7)33-27(6,10-3)32-23/h9,14-15,18,22-25H,8,10-13,16-17H2,1-7H3,(H,28,30)/b15-9-,18-14-,21-19+,29-20-/t22-,23-,24-,25-,27?/m0/s1. The fourth-order valence-corrected chi connectivity index (χ4v) is 4.44. The third-order valence-corrected chi connectivity index (χ3v) is 6.53. The van der Waals surface area contributed by atoms with Crippen LogP contribution in [-0.2, 0) is 19.0 Å². The van der Waals surface area contributed by atoms with Gasteiger partial charge in [0.05, 0.1) is 6.10 Å². The molecule has 2 saturated heterocycles. The summed E-state index contributed by atoms with van der Waals surface area (Å²) in [6, 6.07) is 0. The fourth-order valence-electron chi connectivity index (χ4n) is 4.44. The van der Waals surface area contributed by atoms with Gasteiger partial charge in [0.25, 0.3) is 5.91 Å². The van der Waals surface area contributed by atoms with Crippen LogP contribution in [0.1, 0.15) is 86.5 Å². The van der Waals surface area contributed by atoms with Crippen molar-refractivity contribution in [2.24, 2.45) is 4.99 Å². The number of unbranched alkanes of at least 4 members (excludes halogenated alkanes) is 2. The molecule has 6 nitrogen and oxygen atoms in total. The highest BCUT2D eigenvalue weighted by Gasteiger charge is 2.57. The normalized spacial score (nSPS) is 30.8. The Bertz CT molecular complexity index is 770. The molecule has 0 aliphatic carbocycles. The molecule has 1 N–H and O–H groups in total. The molecule has 186 valence electrons. The van der Waals surface area contributed by atoms with E-state index in [1.54, 1.807) is 7.05 Å². The topological polar surface area (TPSA) is 69.2 Å². The summed E-state index contributed by atoms with van der Waals surface area (Å²) in [5.41, 5.74) is 3.59. The van der Waals surface area contributed by atoms with E-state index >= 15 is 0 Å². The average Bonchev–Trinajstić information content (AvgIpc) is 3.32. The Morgan fingerprint density at radius 3 is 2.52 bits per heavy atom. The monoisotopic (exact) mass is 460 g/mol. The minimum Gasteiger partial charge on any atom is -0.359 e. The molecule has 0 aromatic carbocycles. The highest BCUT2D eigenvalue weighted by molar-refractivity contribution is 6.01. The van der Waals surface area contributed by atoms with Crippen molar-refractivity contribution in [2.45, 2.75) is 117 Å². The molecule has 0 aromatic rings. The van der Waals surface area contributed by atoms with Gasteiger partial charge in [-0.25, -0.2) is 0 Å². The summed E-state index contributed by atoms with van der Waals surface area (Å²) in [6.07, 6.45) is 13.8. The van der Waals surface area contributed by atoms with E-state index < -0.39 is 11.9 Å². The fraction of sp³-hybridized carbons (Fsp3) is 0.704. The summed E-state index contributed by atoms with van der Waals surface area (Å²) in [5, 5.41) is 2.70. The predicted octanol–water partition coefficient (Wildman–Crippen LogP) is 5.64. The van der Waals surface area contributed by atoms with E-state index in [-0.39, 0.29) is 24.2 Å². The summed E-state index contributed by atoms with van der Waals surface area (Å²) in [4.78, 5) is 17.0. The molecular weight excluding hydrogens is 416 g/mol. The maximum absolute atomic E-state index is 12.3. The minimum atomic E-state index is -0.646. The smallest absolute Gasteiger partial charge is 0.251 e. The van der Waals surface area contributed by atoms with Crippen molar-refractivity contribution in [1.29, 1.82) is 0 Å². The molecule has 1 unspecified atom stereocenters. The van der Waals surface area contributed by atoms with Gasteiger partial charge >= 0.3 is 0 Å². The van der Waals surface area contributed by atoms with E-state index in [2.05, 4.69) is 49.3 Å². The Labute approximate surface area is 200 Å². The number of nitrogens with zero attached hydrogens (tertiary/aromatic N) is 1. The van der Waals surface area contributed by atoms with E-state index in [0.29, 0.717) is 0 Å². The van der Waals surface area contributed by atoms with Crippen LogP contribution in [0.4, 0.5) is 0 Å². The first-order chi connectivity index (χ1) is 15.8. The number of amides is 1. The van der Waals surface area contributed by atoms with Crippen LogP contribution in [0.25, 0.3) is 0 Å². The molecule has 0 bridgehead atoms. The zero-order valence-corrected chi connectivity index (χ0v) is 21.6. The molecule has 0 saturated carbocycles. The maximum Gasteiger partial charge on any atom is 0.251 e. The molecule has 0 aromatic heterocycles. The number of likely N-dealkylation sites (N-methyl/N-ethyl adjacent to an activating group) is 1. The van der Waals surface area contributed by atoms with Crippen LogP contribution < -0.4 is 5.32 Å². The molecule has 6 heteroatoms. The van der Waals surface area contributed by atoms with Crippen LogP contribution in [0.2, 0.25) is 0 Å². The number of carbonyl (C=O) groups excluding carboxylic acids is 1. The van der Waals surface area contributed by atoms with Gasteiger partial charge in [0.15, 0.2) is 11.9 Å². The van der Waals surface area contributed by atoms with Gasteiger partial charge in [0.1, 0.15) is 12.2 Å². The first-order valence-electron chi connectivity index (χ1n) is 12.5. The summed E-state index contributed by atoms with van der Waals surface area (Å²) in [6.45, 7) is 12.4. The lowest BCUT2D eigenvalue weighted by Crippen LogP contribution is -2.41. The molecule has 2 aliphatic heterocycles. The van der Waals surface area contributed by atoms with E-state index in [0.717, 1.165) is 50.7 Å². The number of aliphatic imine (C=N–C) groups is 1. The Morgan fingerprint density at radius 2 is 1.88 bits per heavy atom. The minimum absolute atomic E-state index is 0.128. The molecule has 2 aliphatic rings. The molecule has 2 heterocycles. The van der Waals surface area contributed by atoms with Crippen molar-refractivity contribution in [3.05, 3.63) is 35.6 Å². The first-order valence-corrected chi connectivity index (χ1v) is 12.5. The molecule has 0 spiro atoms. The van der Waals surface area contributed by atoms with Crippen molar-refractivity contribution in [3.63, 3.8) is 0 Å². The molecule has 33 heavy (non-hydrogen) atoms. The van der Waals surface area contributed by atoms with Crippen LogP contribution in [-0.4, -0.2) is 48.9 Å². The molecule has 1 amide bonds. The van der Waals surface area contributed by atoms with Crippen molar-refractivity contribution in [1.82, 2.24) is 5.32 Å². The van der Waals surface area contributed by atoms with Crippen LogP contribution in [0.3, 0.4) is 0 Å². The number of carbonyl (C=O) groups is 1. The van der Waals surface area contributed by atoms with E-state index in [9.17, 15) is 4.79 Å². The van der Waals surface area contributed by atoms with Gasteiger partial charge in [0.2, 0.25) is 0 Å². The van der Waals surface area contributed by atoms with Gasteiger partial charge in [-0.15, -0.1) is 0 Å². The Hall–Kier alpha value is -1.76. The number of ether oxygens (including phenoxy) is 3. The Morgan fingerprint density at radius 1 is 1.15 bits per heavy atom. The lowest BCUT2D eigenvalue weighted by molar-refractivity contribution is -0.200. The molecule has 2 rings (SSSR count). The van der Waals surface area contributed by atoms with Crippen molar-refractivity contribution in [2.75, 3.05) is 7.05 Å². The van der Waals surface area contributed by atoms with Gasteiger partial charge < -0.3 is 19.5 Å². The number of allylic oxidation sites excluding steroid dienone is 5. The van der Waals surface area contributed by atoms with E-state index in [4.69, 9.17) is 14.2 Å². The van der Waals surface area contributed by atoms with Gasteiger partial charge in [-0.2, -0.15) is 0 Å².